The Kier molecular flexibility index (Phi) is 6.52. The van der Waals surface area contributed by atoms with Gasteiger partial charge in [-0.2, -0.15) is 0 Å². The van der Waals surface area contributed by atoms with Crippen molar-refractivity contribution in [2.75, 3.05) is 7.11 Å². The summed E-state index contributed by atoms with van der Waals surface area (Å²) in [5.41, 5.74) is 1.37. The van der Waals surface area contributed by atoms with E-state index in [9.17, 15) is 9.59 Å². The third kappa shape index (κ3) is 4.44. The first-order valence-corrected chi connectivity index (χ1v) is 10.2. The molecule has 0 saturated heterocycles. The monoisotopic (exact) mass is 396 g/mol. The second-order valence-electron chi connectivity index (χ2n) is 6.98. The molecule has 0 radical (unpaired) electrons. The number of methoxy groups -OCH3 is 1. The quantitative estimate of drug-likeness (QED) is 0.335. The Labute approximate surface area is 168 Å². The minimum atomic E-state index is -0.593. The van der Waals surface area contributed by atoms with Crippen LogP contribution in [0.4, 0.5) is 0 Å². The standard InChI is InChI=1S/C22H24N2O3S/c1-15(2)13-14-24-20(25)17-11-7-8-12-18(17)23-22(24)28-19(21(26)27-3)16-9-5-4-6-10-16/h4-12,15,19H,13-14H2,1-3H3. The number of esters is 1. The van der Waals surface area contributed by atoms with E-state index in [-0.39, 0.29) is 11.5 Å². The van der Waals surface area contributed by atoms with E-state index in [0.29, 0.717) is 28.5 Å². The van der Waals surface area contributed by atoms with Gasteiger partial charge in [0.1, 0.15) is 5.25 Å². The van der Waals surface area contributed by atoms with Gasteiger partial charge in [-0.25, -0.2) is 4.98 Å². The van der Waals surface area contributed by atoms with Gasteiger partial charge in [0.25, 0.3) is 5.56 Å². The van der Waals surface area contributed by atoms with Gasteiger partial charge in [0.05, 0.1) is 18.0 Å². The SMILES string of the molecule is COC(=O)C(Sc1nc2ccccc2c(=O)n1CCC(C)C)c1ccccc1. The van der Waals surface area contributed by atoms with E-state index >= 15 is 0 Å². The molecule has 0 amide bonds. The Balaban J connectivity index is 2.10. The van der Waals surface area contributed by atoms with Gasteiger partial charge in [0, 0.05) is 6.54 Å². The maximum atomic E-state index is 13.1. The molecule has 1 aromatic heterocycles. The fourth-order valence-corrected chi connectivity index (χ4v) is 4.06. The summed E-state index contributed by atoms with van der Waals surface area (Å²) in [5, 5.41) is 0.526. The van der Waals surface area contributed by atoms with E-state index < -0.39 is 5.25 Å². The predicted octanol–water partition coefficient (Wildman–Crippen LogP) is 4.45. The zero-order valence-corrected chi connectivity index (χ0v) is 17.1. The number of nitrogens with zero attached hydrogens (tertiary/aromatic N) is 2. The molecule has 0 aliphatic heterocycles. The fraction of sp³-hybridized carbons (Fsp3) is 0.318. The Morgan fingerprint density at radius 1 is 1.11 bits per heavy atom. The molecule has 1 heterocycles. The molecule has 146 valence electrons. The van der Waals surface area contributed by atoms with E-state index in [4.69, 9.17) is 9.72 Å². The van der Waals surface area contributed by atoms with Crippen molar-refractivity contribution in [2.45, 2.75) is 37.2 Å². The van der Waals surface area contributed by atoms with Crippen molar-refractivity contribution in [3.8, 4) is 0 Å². The maximum absolute atomic E-state index is 13.1. The van der Waals surface area contributed by atoms with Gasteiger partial charge in [0.2, 0.25) is 0 Å². The lowest BCUT2D eigenvalue weighted by atomic mass is 10.1. The number of carbonyl (C=O) groups is 1. The molecule has 0 bridgehead atoms. The molecule has 2 aromatic carbocycles. The third-order valence-electron chi connectivity index (χ3n) is 4.50. The summed E-state index contributed by atoms with van der Waals surface area (Å²) in [6, 6.07) is 16.7. The summed E-state index contributed by atoms with van der Waals surface area (Å²) in [5.74, 6) is 0.0794. The molecule has 1 atom stereocenters. The molecule has 0 aliphatic rings. The van der Waals surface area contributed by atoms with Crippen LogP contribution in [-0.4, -0.2) is 22.6 Å². The third-order valence-corrected chi connectivity index (χ3v) is 5.72. The highest BCUT2D eigenvalue weighted by Gasteiger charge is 2.25. The summed E-state index contributed by atoms with van der Waals surface area (Å²) >= 11 is 1.26. The van der Waals surface area contributed by atoms with Crippen molar-refractivity contribution in [3.05, 3.63) is 70.5 Å². The van der Waals surface area contributed by atoms with Gasteiger partial charge >= 0.3 is 5.97 Å². The Bertz CT molecular complexity index is 1020. The summed E-state index contributed by atoms with van der Waals surface area (Å²) in [6.07, 6.45) is 0.849. The van der Waals surface area contributed by atoms with Crippen LogP contribution in [0.5, 0.6) is 0 Å². The van der Waals surface area contributed by atoms with Crippen molar-refractivity contribution in [2.24, 2.45) is 5.92 Å². The van der Waals surface area contributed by atoms with Gasteiger partial charge in [-0.05, 0) is 30.0 Å². The molecule has 0 spiro atoms. The van der Waals surface area contributed by atoms with E-state index in [0.717, 1.165) is 12.0 Å². The van der Waals surface area contributed by atoms with Gasteiger partial charge in [-0.3, -0.25) is 14.2 Å². The van der Waals surface area contributed by atoms with Crippen molar-refractivity contribution in [1.82, 2.24) is 9.55 Å². The van der Waals surface area contributed by atoms with E-state index in [1.54, 1.807) is 10.6 Å². The summed E-state index contributed by atoms with van der Waals surface area (Å²) < 4.78 is 6.71. The zero-order chi connectivity index (χ0) is 20.1. The number of aromatic nitrogens is 2. The minimum Gasteiger partial charge on any atom is -0.468 e. The van der Waals surface area contributed by atoms with Crippen LogP contribution in [0, 0.1) is 5.92 Å². The number of para-hydroxylation sites is 1. The first-order valence-electron chi connectivity index (χ1n) is 9.30. The summed E-state index contributed by atoms with van der Waals surface area (Å²) in [4.78, 5) is 30.3. The molecule has 0 fully saturated rings. The van der Waals surface area contributed by atoms with Crippen LogP contribution in [0.3, 0.4) is 0 Å². The average Bonchev–Trinajstić information content (AvgIpc) is 2.71. The lowest BCUT2D eigenvalue weighted by Gasteiger charge is -2.18. The molecule has 5 nitrogen and oxygen atoms in total. The van der Waals surface area contributed by atoms with Crippen LogP contribution >= 0.6 is 11.8 Å². The number of hydrogen-bond acceptors (Lipinski definition) is 5. The second kappa shape index (κ2) is 9.06. The normalized spacial score (nSPS) is 12.3. The second-order valence-corrected chi connectivity index (χ2v) is 8.05. The highest BCUT2D eigenvalue weighted by atomic mass is 32.2. The molecular formula is C22H24N2O3S. The maximum Gasteiger partial charge on any atom is 0.323 e. The van der Waals surface area contributed by atoms with Gasteiger partial charge in [-0.1, -0.05) is 68.1 Å². The number of thioether (sulfide) groups is 1. The smallest absolute Gasteiger partial charge is 0.323 e. The number of ether oxygens (including phenoxy) is 1. The number of carbonyl (C=O) groups excluding carboxylic acids is 1. The van der Waals surface area contributed by atoms with Crippen LogP contribution in [0.1, 0.15) is 31.1 Å². The number of rotatable bonds is 7. The average molecular weight is 397 g/mol. The summed E-state index contributed by atoms with van der Waals surface area (Å²) in [6.45, 7) is 4.79. The molecule has 0 N–H and O–H groups in total. The molecule has 1 unspecified atom stereocenters. The lowest BCUT2D eigenvalue weighted by Crippen LogP contribution is -2.25. The van der Waals surface area contributed by atoms with Crippen molar-refractivity contribution >= 4 is 28.6 Å². The molecule has 6 heteroatoms. The first-order chi connectivity index (χ1) is 13.5. The molecule has 28 heavy (non-hydrogen) atoms. The van der Waals surface area contributed by atoms with Crippen molar-refractivity contribution in [3.63, 3.8) is 0 Å². The predicted molar refractivity (Wildman–Crippen MR) is 113 cm³/mol. The summed E-state index contributed by atoms with van der Waals surface area (Å²) in [7, 11) is 1.37. The first kappa shape index (κ1) is 20.1. The van der Waals surface area contributed by atoms with E-state index in [1.807, 2.05) is 48.5 Å². The molecule has 0 saturated carbocycles. The fourth-order valence-electron chi connectivity index (χ4n) is 2.91. The van der Waals surface area contributed by atoms with Crippen LogP contribution < -0.4 is 5.56 Å². The largest absolute Gasteiger partial charge is 0.468 e. The van der Waals surface area contributed by atoms with Crippen LogP contribution in [0.15, 0.2) is 64.5 Å². The Hall–Kier alpha value is -2.60. The molecule has 0 aliphatic carbocycles. The number of fused-ring (bicyclic) bond motifs is 1. The highest BCUT2D eigenvalue weighted by molar-refractivity contribution is 8.00. The van der Waals surface area contributed by atoms with E-state index in [1.165, 1.54) is 18.9 Å². The van der Waals surface area contributed by atoms with Crippen LogP contribution in [-0.2, 0) is 16.1 Å². The lowest BCUT2D eigenvalue weighted by molar-refractivity contribution is -0.140. The van der Waals surface area contributed by atoms with Crippen LogP contribution in [0.2, 0.25) is 0 Å². The minimum absolute atomic E-state index is 0.0783. The van der Waals surface area contributed by atoms with Gasteiger partial charge in [0.15, 0.2) is 5.16 Å². The topological polar surface area (TPSA) is 61.2 Å². The van der Waals surface area contributed by atoms with Gasteiger partial charge < -0.3 is 4.74 Å². The number of hydrogen-bond donors (Lipinski definition) is 0. The molecule has 3 rings (SSSR count). The zero-order valence-electron chi connectivity index (χ0n) is 16.3. The van der Waals surface area contributed by atoms with E-state index in [2.05, 4.69) is 13.8 Å². The Morgan fingerprint density at radius 3 is 2.46 bits per heavy atom. The number of benzene rings is 2. The highest BCUT2D eigenvalue weighted by Crippen LogP contribution is 2.35. The Morgan fingerprint density at radius 2 is 1.79 bits per heavy atom. The van der Waals surface area contributed by atoms with Crippen LogP contribution in [0.25, 0.3) is 10.9 Å². The van der Waals surface area contributed by atoms with Crippen molar-refractivity contribution in [1.29, 1.82) is 0 Å². The molecule has 3 aromatic rings. The molecular weight excluding hydrogens is 372 g/mol. The van der Waals surface area contributed by atoms with Crippen molar-refractivity contribution < 1.29 is 9.53 Å². The van der Waals surface area contributed by atoms with Gasteiger partial charge in [-0.15, -0.1) is 0 Å².